The topological polar surface area (TPSA) is 12.9 Å². The second-order valence-corrected chi connectivity index (χ2v) is 6.08. The Labute approximate surface area is 107 Å². The van der Waals surface area contributed by atoms with Gasteiger partial charge in [-0.1, -0.05) is 0 Å². The van der Waals surface area contributed by atoms with Crippen LogP contribution in [0, 0.1) is 0 Å². The van der Waals surface area contributed by atoms with Crippen molar-refractivity contribution in [1.82, 2.24) is 4.98 Å². The molecule has 0 amide bonds. The van der Waals surface area contributed by atoms with Crippen molar-refractivity contribution in [3.8, 4) is 0 Å². The van der Waals surface area contributed by atoms with E-state index in [-0.39, 0.29) is 0 Å². The van der Waals surface area contributed by atoms with Crippen LogP contribution in [-0.4, -0.2) is 19.9 Å². The summed E-state index contributed by atoms with van der Waals surface area (Å²) in [5, 5.41) is 1.28. The summed E-state index contributed by atoms with van der Waals surface area (Å²) in [6.07, 6.45) is 1.85. The number of aromatic nitrogens is 1. The first-order valence-corrected chi connectivity index (χ1v) is 7.21. The molecular formula is C15H11NSe. The molecule has 0 saturated carbocycles. The first kappa shape index (κ1) is 10.5. The van der Waals surface area contributed by atoms with Gasteiger partial charge in [0, 0.05) is 0 Å². The molecule has 0 spiro atoms. The summed E-state index contributed by atoms with van der Waals surface area (Å²) in [6, 6.07) is 21.2. The monoisotopic (exact) mass is 285 g/mol. The number of benzene rings is 2. The molecule has 0 unspecified atom stereocenters. The quantitative estimate of drug-likeness (QED) is 0.655. The average Bonchev–Trinajstić information content (AvgIpc) is 2.40. The van der Waals surface area contributed by atoms with Gasteiger partial charge in [0.1, 0.15) is 0 Å². The summed E-state index contributed by atoms with van der Waals surface area (Å²) in [7, 11) is 0. The van der Waals surface area contributed by atoms with E-state index in [1.165, 1.54) is 14.3 Å². The third kappa shape index (κ3) is 2.23. The van der Waals surface area contributed by atoms with Gasteiger partial charge in [-0.2, -0.15) is 0 Å². The van der Waals surface area contributed by atoms with Gasteiger partial charge in [-0.15, -0.1) is 0 Å². The van der Waals surface area contributed by atoms with E-state index >= 15 is 0 Å². The summed E-state index contributed by atoms with van der Waals surface area (Å²) in [4.78, 5) is 4.39. The van der Waals surface area contributed by atoms with E-state index < -0.39 is 0 Å². The molecule has 0 aliphatic rings. The second-order valence-electron chi connectivity index (χ2n) is 3.74. The van der Waals surface area contributed by atoms with E-state index in [1.807, 2.05) is 12.3 Å². The fourth-order valence-corrected chi connectivity index (χ4v) is 3.83. The van der Waals surface area contributed by atoms with Crippen LogP contribution in [0.15, 0.2) is 66.9 Å². The Balaban J connectivity index is 2.06. The summed E-state index contributed by atoms with van der Waals surface area (Å²) in [5.41, 5.74) is 1.09. The fraction of sp³-hybridized carbons (Fsp3) is 0. The number of hydrogen-bond donors (Lipinski definition) is 0. The van der Waals surface area contributed by atoms with E-state index in [9.17, 15) is 0 Å². The van der Waals surface area contributed by atoms with Gasteiger partial charge in [-0.25, -0.2) is 0 Å². The maximum absolute atomic E-state index is 4.39. The predicted octanol–water partition coefficient (Wildman–Crippen LogP) is 1.89. The van der Waals surface area contributed by atoms with E-state index in [2.05, 4.69) is 59.6 Å². The molecule has 82 valence electrons. The van der Waals surface area contributed by atoms with Crippen molar-refractivity contribution in [3.05, 3.63) is 66.9 Å². The fourth-order valence-electron chi connectivity index (χ4n) is 1.78. The van der Waals surface area contributed by atoms with Crippen molar-refractivity contribution in [3.63, 3.8) is 0 Å². The molecule has 1 aromatic heterocycles. The van der Waals surface area contributed by atoms with Crippen molar-refractivity contribution in [2.45, 2.75) is 0 Å². The first-order chi connectivity index (χ1) is 8.43. The molecule has 2 aromatic carbocycles. The normalized spacial score (nSPS) is 10.6. The van der Waals surface area contributed by atoms with E-state index in [0.29, 0.717) is 15.0 Å². The van der Waals surface area contributed by atoms with Gasteiger partial charge in [-0.3, -0.25) is 0 Å². The molecule has 2 heteroatoms. The Kier molecular flexibility index (Phi) is 2.91. The van der Waals surface area contributed by atoms with Gasteiger partial charge in [0.2, 0.25) is 0 Å². The average molecular weight is 284 g/mol. The SMILES string of the molecule is c1ccc([Se]c2cccc3ncccc23)cc1. The van der Waals surface area contributed by atoms with Crippen LogP contribution < -0.4 is 8.92 Å². The Morgan fingerprint density at radius 2 is 1.65 bits per heavy atom. The molecule has 1 nitrogen and oxygen atoms in total. The standard InChI is InChI=1S/C15H11NSe/c1-2-6-12(7-3-1)17-15-10-4-9-14-13(15)8-5-11-16-14/h1-11H. The van der Waals surface area contributed by atoms with Crippen LogP contribution >= 0.6 is 0 Å². The first-order valence-electron chi connectivity index (χ1n) is 5.50. The third-order valence-electron chi connectivity index (χ3n) is 2.58. The van der Waals surface area contributed by atoms with Gasteiger partial charge in [0.15, 0.2) is 0 Å². The van der Waals surface area contributed by atoms with Crippen LogP contribution in [-0.2, 0) is 0 Å². The second kappa shape index (κ2) is 4.70. The summed E-state index contributed by atoms with van der Waals surface area (Å²) in [6.45, 7) is 0. The van der Waals surface area contributed by atoms with Crippen molar-refractivity contribution in [2.24, 2.45) is 0 Å². The van der Waals surface area contributed by atoms with Crippen LogP contribution in [0.2, 0.25) is 0 Å². The molecule has 0 radical (unpaired) electrons. The van der Waals surface area contributed by atoms with Gasteiger partial charge in [0.05, 0.1) is 0 Å². The van der Waals surface area contributed by atoms with Crippen molar-refractivity contribution >= 4 is 34.8 Å². The van der Waals surface area contributed by atoms with Gasteiger partial charge < -0.3 is 0 Å². The minimum atomic E-state index is 0.351. The molecule has 0 saturated heterocycles. The van der Waals surface area contributed by atoms with Crippen LogP contribution in [0.25, 0.3) is 10.9 Å². The molecule has 0 atom stereocenters. The molecule has 0 fully saturated rings. The van der Waals surface area contributed by atoms with E-state index in [0.717, 1.165) is 5.52 Å². The number of pyridine rings is 1. The number of nitrogens with zero attached hydrogens (tertiary/aromatic N) is 1. The van der Waals surface area contributed by atoms with Gasteiger partial charge in [0.25, 0.3) is 0 Å². The molecule has 0 aliphatic carbocycles. The molecule has 3 rings (SSSR count). The van der Waals surface area contributed by atoms with Crippen LogP contribution in [0.5, 0.6) is 0 Å². The van der Waals surface area contributed by atoms with E-state index in [1.54, 1.807) is 0 Å². The summed E-state index contributed by atoms with van der Waals surface area (Å²) >= 11 is 0.351. The number of hydrogen-bond acceptors (Lipinski definition) is 1. The zero-order valence-electron chi connectivity index (χ0n) is 9.21. The zero-order chi connectivity index (χ0) is 11.5. The summed E-state index contributed by atoms with van der Waals surface area (Å²) < 4.78 is 2.80. The maximum atomic E-state index is 4.39. The zero-order valence-corrected chi connectivity index (χ0v) is 10.9. The number of rotatable bonds is 2. The molecule has 0 bridgehead atoms. The Morgan fingerprint density at radius 1 is 0.765 bits per heavy atom. The number of fused-ring (bicyclic) bond motifs is 1. The molecular weight excluding hydrogens is 273 g/mol. The minimum absolute atomic E-state index is 0.351. The van der Waals surface area contributed by atoms with Crippen LogP contribution in [0.3, 0.4) is 0 Å². The van der Waals surface area contributed by atoms with Gasteiger partial charge in [-0.05, 0) is 0 Å². The third-order valence-corrected chi connectivity index (χ3v) is 4.85. The predicted molar refractivity (Wildman–Crippen MR) is 73.2 cm³/mol. The van der Waals surface area contributed by atoms with Gasteiger partial charge >= 0.3 is 107 Å². The van der Waals surface area contributed by atoms with E-state index in [4.69, 9.17) is 0 Å². The van der Waals surface area contributed by atoms with Crippen LogP contribution in [0.4, 0.5) is 0 Å². The Bertz CT molecular complexity index is 629. The molecule has 0 N–H and O–H groups in total. The Hall–Kier alpha value is -1.63. The summed E-state index contributed by atoms with van der Waals surface area (Å²) in [5.74, 6) is 0. The van der Waals surface area contributed by atoms with Crippen molar-refractivity contribution in [2.75, 3.05) is 0 Å². The molecule has 3 aromatic rings. The molecule has 1 heterocycles. The molecule has 0 aliphatic heterocycles. The van der Waals surface area contributed by atoms with Crippen molar-refractivity contribution in [1.29, 1.82) is 0 Å². The molecule has 17 heavy (non-hydrogen) atoms. The Morgan fingerprint density at radius 3 is 2.53 bits per heavy atom. The van der Waals surface area contributed by atoms with Crippen LogP contribution in [0.1, 0.15) is 0 Å². The van der Waals surface area contributed by atoms with Crippen molar-refractivity contribution < 1.29 is 0 Å².